The monoisotopic (exact) mass is 374 g/mol. The zero-order chi connectivity index (χ0) is 15.5. The second kappa shape index (κ2) is 6.37. The average molecular weight is 375 g/mol. The van der Waals surface area contributed by atoms with Gasteiger partial charge < -0.3 is 10.4 Å². The summed E-state index contributed by atoms with van der Waals surface area (Å²) in [5.74, 6) is -0.0337. The second-order valence-corrected chi connectivity index (χ2v) is 6.50. The van der Waals surface area contributed by atoms with Gasteiger partial charge in [0.25, 0.3) is 5.91 Å². The van der Waals surface area contributed by atoms with Crippen LogP contribution < -0.4 is 5.32 Å². The molecule has 1 heterocycles. The molecule has 1 aliphatic rings. The fourth-order valence-corrected chi connectivity index (χ4v) is 2.98. The number of nitrogens with zero attached hydrogens (tertiary/aromatic N) is 1. The Balaban J connectivity index is 1.82. The first kappa shape index (κ1) is 14.9. The van der Waals surface area contributed by atoms with Crippen molar-refractivity contribution in [2.45, 2.75) is 0 Å². The van der Waals surface area contributed by atoms with Crippen LogP contribution in [-0.2, 0) is 4.79 Å². The van der Waals surface area contributed by atoms with E-state index in [1.54, 1.807) is 18.2 Å². The van der Waals surface area contributed by atoms with Gasteiger partial charge >= 0.3 is 0 Å². The lowest BCUT2D eigenvalue weighted by Crippen LogP contribution is -2.19. The van der Waals surface area contributed by atoms with E-state index in [-0.39, 0.29) is 11.7 Å². The van der Waals surface area contributed by atoms with Crippen molar-refractivity contribution in [1.29, 1.82) is 0 Å². The van der Waals surface area contributed by atoms with Gasteiger partial charge in [0.2, 0.25) is 0 Å². The molecule has 2 aromatic rings. The summed E-state index contributed by atoms with van der Waals surface area (Å²) in [4.78, 5) is 16.9. The summed E-state index contributed by atoms with van der Waals surface area (Å²) in [6, 6.07) is 14.3. The predicted octanol–water partition coefficient (Wildman–Crippen LogP) is 4.05. The average Bonchev–Trinajstić information content (AvgIpc) is 2.81. The Bertz CT molecular complexity index is 785. The quantitative estimate of drug-likeness (QED) is 0.779. The highest BCUT2D eigenvalue weighted by atomic mass is 79.9. The molecule has 2 aromatic carbocycles. The minimum atomic E-state index is -0.174. The smallest absolute Gasteiger partial charge is 0.264 e. The maximum atomic E-state index is 12.0. The summed E-state index contributed by atoms with van der Waals surface area (Å²) in [6.07, 6.45) is 1.82. The van der Waals surface area contributed by atoms with Gasteiger partial charge in [0.05, 0.1) is 10.6 Å². The van der Waals surface area contributed by atoms with Crippen molar-refractivity contribution in [3.05, 3.63) is 63.5 Å². The minimum Gasteiger partial charge on any atom is -0.508 e. The number of rotatable bonds is 2. The van der Waals surface area contributed by atoms with Crippen LogP contribution in [0.2, 0.25) is 0 Å². The van der Waals surface area contributed by atoms with Gasteiger partial charge in [-0.3, -0.25) is 4.79 Å². The molecular weight excluding hydrogens is 364 g/mol. The molecule has 1 aliphatic heterocycles. The fraction of sp³-hybridized carbons (Fsp3) is 0. The van der Waals surface area contributed by atoms with Crippen molar-refractivity contribution in [3.63, 3.8) is 0 Å². The van der Waals surface area contributed by atoms with Gasteiger partial charge in [-0.1, -0.05) is 34.1 Å². The van der Waals surface area contributed by atoms with Crippen LogP contribution >= 0.6 is 27.7 Å². The largest absolute Gasteiger partial charge is 0.508 e. The molecule has 22 heavy (non-hydrogen) atoms. The molecule has 1 amide bonds. The third kappa shape index (κ3) is 3.58. The molecule has 0 aliphatic carbocycles. The molecule has 6 heteroatoms. The highest BCUT2D eigenvalue weighted by Crippen LogP contribution is 2.29. The van der Waals surface area contributed by atoms with Crippen molar-refractivity contribution in [1.82, 2.24) is 5.32 Å². The number of aliphatic imine (C=N–C) groups is 1. The van der Waals surface area contributed by atoms with Crippen LogP contribution in [0, 0.1) is 0 Å². The molecule has 0 saturated carbocycles. The van der Waals surface area contributed by atoms with E-state index in [1.165, 1.54) is 17.8 Å². The maximum Gasteiger partial charge on any atom is 0.264 e. The van der Waals surface area contributed by atoms with Crippen LogP contribution in [0.15, 0.2) is 62.9 Å². The van der Waals surface area contributed by atoms with Crippen LogP contribution in [0.1, 0.15) is 5.56 Å². The molecule has 2 N–H and O–H groups in total. The molecule has 0 radical (unpaired) electrons. The number of phenolic OH excluding ortho intramolecular Hbond substituents is 1. The number of thioether (sulfide) groups is 1. The Morgan fingerprint density at radius 1 is 1.18 bits per heavy atom. The molecule has 1 saturated heterocycles. The Kier molecular flexibility index (Phi) is 4.31. The molecule has 0 unspecified atom stereocenters. The molecule has 110 valence electrons. The highest BCUT2D eigenvalue weighted by Gasteiger charge is 2.23. The zero-order valence-corrected chi connectivity index (χ0v) is 13.7. The van der Waals surface area contributed by atoms with E-state index in [2.05, 4.69) is 26.2 Å². The lowest BCUT2D eigenvalue weighted by Gasteiger charge is -1.97. The van der Waals surface area contributed by atoms with Crippen molar-refractivity contribution in [2.75, 3.05) is 0 Å². The van der Waals surface area contributed by atoms with Crippen molar-refractivity contribution < 1.29 is 9.90 Å². The first-order chi connectivity index (χ1) is 10.6. The number of hydrogen-bond donors (Lipinski definition) is 2. The standard InChI is InChI=1S/C16H11BrN2O2S/c17-11-6-4-10(5-7-11)8-14-15(21)19-16(22-14)18-12-2-1-3-13(20)9-12/h1-9,20H,(H,18,19,21)/b14-8-. The third-order valence-electron chi connectivity index (χ3n) is 2.88. The first-order valence-electron chi connectivity index (χ1n) is 6.44. The Morgan fingerprint density at radius 3 is 2.68 bits per heavy atom. The molecule has 3 rings (SSSR count). The Labute approximate surface area is 140 Å². The SMILES string of the molecule is O=C1NC(=Nc2cccc(O)c2)S/C1=C\c1ccc(Br)cc1. The minimum absolute atomic E-state index is 0.141. The van der Waals surface area contributed by atoms with Gasteiger partial charge in [0.1, 0.15) is 5.75 Å². The summed E-state index contributed by atoms with van der Waals surface area (Å²) in [6.45, 7) is 0. The predicted molar refractivity (Wildman–Crippen MR) is 93.1 cm³/mol. The number of phenols is 1. The summed E-state index contributed by atoms with van der Waals surface area (Å²) < 4.78 is 0.990. The second-order valence-electron chi connectivity index (χ2n) is 4.55. The number of carbonyl (C=O) groups excluding carboxylic acids is 1. The maximum absolute atomic E-state index is 12.0. The van der Waals surface area contributed by atoms with Gasteiger partial charge in [0, 0.05) is 10.5 Å². The number of aromatic hydroxyl groups is 1. The molecule has 0 atom stereocenters. The van der Waals surface area contributed by atoms with Crippen LogP contribution in [0.4, 0.5) is 5.69 Å². The van der Waals surface area contributed by atoms with Crippen LogP contribution in [0.3, 0.4) is 0 Å². The van der Waals surface area contributed by atoms with E-state index in [0.29, 0.717) is 15.8 Å². The number of nitrogens with one attached hydrogen (secondary N) is 1. The zero-order valence-electron chi connectivity index (χ0n) is 11.3. The van der Waals surface area contributed by atoms with Crippen molar-refractivity contribution >= 4 is 50.5 Å². The van der Waals surface area contributed by atoms with E-state index < -0.39 is 0 Å². The summed E-state index contributed by atoms with van der Waals surface area (Å²) in [7, 11) is 0. The number of hydrogen-bond acceptors (Lipinski definition) is 4. The van der Waals surface area contributed by atoms with Gasteiger partial charge in [0.15, 0.2) is 5.17 Å². The van der Waals surface area contributed by atoms with E-state index >= 15 is 0 Å². The molecule has 0 aromatic heterocycles. The highest BCUT2D eigenvalue weighted by molar-refractivity contribution is 9.10. The lowest BCUT2D eigenvalue weighted by atomic mass is 10.2. The molecule has 1 fully saturated rings. The Morgan fingerprint density at radius 2 is 1.95 bits per heavy atom. The number of carbonyl (C=O) groups is 1. The molecule has 4 nitrogen and oxygen atoms in total. The Hall–Kier alpha value is -2.05. The lowest BCUT2D eigenvalue weighted by molar-refractivity contribution is -0.115. The van der Waals surface area contributed by atoms with Crippen LogP contribution in [0.25, 0.3) is 6.08 Å². The summed E-state index contributed by atoms with van der Waals surface area (Å²) >= 11 is 4.65. The van der Waals surface area contributed by atoms with Crippen LogP contribution in [0.5, 0.6) is 5.75 Å². The van der Waals surface area contributed by atoms with E-state index in [1.807, 2.05) is 30.3 Å². The van der Waals surface area contributed by atoms with E-state index in [9.17, 15) is 9.90 Å². The topological polar surface area (TPSA) is 61.7 Å². The third-order valence-corrected chi connectivity index (χ3v) is 4.32. The van der Waals surface area contributed by atoms with Gasteiger partial charge in [-0.25, -0.2) is 4.99 Å². The number of halogens is 1. The molecular formula is C16H11BrN2O2S. The van der Waals surface area contributed by atoms with Crippen molar-refractivity contribution in [3.8, 4) is 5.75 Å². The summed E-state index contributed by atoms with van der Waals surface area (Å²) in [5, 5.41) is 12.6. The van der Waals surface area contributed by atoms with Crippen molar-refractivity contribution in [2.24, 2.45) is 4.99 Å². The van der Waals surface area contributed by atoms with Gasteiger partial charge in [-0.15, -0.1) is 0 Å². The van der Waals surface area contributed by atoms with E-state index in [0.717, 1.165) is 10.0 Å². The number of benzene rings is 2. The molecule has 0 spiro atoms. The number of amides is 1. The normalized spacial score (nSPS) is 18.0. The van der Waals surface area contributed by atoms with Gasteiger partial charge in [-0.05, 0) is 47.7 Å². The number of amidine groups is 1. The van der Waals surface area contributed by atoms with Gasteiger partial charge in [-0.2, -0.15) is 0 Å². The van der Waals surface area contributed by atoms with Crippen LogP contribution in [-0.4, -0.2) is 16.2 Å². The molecule has 0 bridgehead atoms. The fourth-order valence-electron chi connectivity index (χ4n) is 1.87. The summed E-state index contributed by atoms with van der Waals surface area (Å²) in [5.41, 5.74) is 1.53. The van der Waals surface area contributed by atoms with E-state index in [4.69, 9.17) is 0 Å². The first-order valence-corrected chi connectivity index (χ1v) is 8.05.